The maximum absolute atomic E-state index is 13.4. The van der Waals surface area contributed by atoms with Crippen LogP contribution < -0.4 is 10.1 Å². The molecule has 0 saturated heterocycles. The predicted molar refractivity (Wildman–Crippen MR) is 129 cm³/mol. The second-order valence-corrected chi connectivity index (χ2v) is 8.77. The summed E-state index contributed by atoms with van der Waals surface area (Å²) in [5.41, 5.74) is 3.22. The van der Waals surface area contributed by atoms with Gasteiger partial charge in [0, 0.05) is 11.2 Å². The molecule has 0 atom stereocenters. The number of carbonyl (C=O) groups is 1. The van der Waals surface area contributed by atoms with Crippen molar-refractivity contribution in [3.63, 3.8) is 0 Å². The number of hydrogen-bond acceptors (Lipinski definition) is 4. The molecule has 0 spiro atoms. The highest BCUT2D eigenvalue weighted by molar-refractivity contribution is 6.31. The lowest BCUT2D eigenvalue weighted by Gasteiger charge is -2.15. The van der Waals surface area contributed by atoms with Gasteiger partial charge in [0.05, 0.1) is 18.4 Å². The van der Waals surface area contributed by atoms with Crippen molar-refractivity contribution in [3.8, 4) is 5.75 Å². The van der Waals surface area contributed by atoms with Gasteiger partial charge in [-0.3, -0.25) is 9.48 Å². The molecule has 0 bridgehead atoms. The van der Waals surface area contributed by atoms with Crippen LogP contribution in [-0.2, 0) is 13.2 Å². The summed E-state index contributed by atoms with van der Waals surface area (Å²) in [7, 11) is 0. The summed E-state index contributed by atoms with van der Waals surface area (Å²) in [4.78, 5) is 12.6. The summed E-state index contributed by atoms with van der Waals surface area (Å²) in [6.45, 7) is 6.64. The van der Waals surface area contributed by atoms with Crippen molar-refractivity contribution in [3.05, 3.63) is 100.0 Å². The summed E-state index contributed by atoms with van der Waals surface area (Å²) >= 11 is 6.26. The number of rotatable bonds is 8. The zero-order chi connectivity index (χ0) is 24.2. The molecule has 1 amide bonds. The monoisotopic (exact) mass is 481 g/mol. The first-order chi connectivity index (χ1) is 16.3. The molecular formula is C26H25ClFN3O3. The second-order valence-electron chi connectivity index (χ2n) is 8.36. The molecule has 0 aliphatic rings. The molecule has 0 unspecified atom stereocenters. The van der Waals surface area contributed by atoms with E-state index in [9.17, 15) is 9.18 Å². The molecule has 1 N–H and O–H groups in total. The molecule has 0 aliphatic heterocycles. The standard InChI is InChI=1S/C26H25ClFN3O3/c1-16(2)22-11-23(27)17(3)9-25(22)33-15-21-7-8-24(34-21)26(32)30-20-12-29-31(14-20)13-18-5-4-6-19(28)10-18/h4-12,14,16H,13,15H2,1-3H3,(H,30,32). The highest BCUT2D eigenvalue weighted by Crippen LogP contribution is 2.32. The number of nitrogens with one attached hydrogen (secondary N) is 1. The van der Waals surface area contributed by atoms with Gasteiger partial charge >= 0.3 is 0 Å². The van der Waals surface area contributed by atoms with Crippen molar-refractivity contribution in [2.24, 2.45) is 0 Å². The quantitative estimate of drug-likeness (QED) is 0.308. The molecule has 4 aromatic rings. The number of anilines is 1. The predicted octanol–water partition coefficient (Wildman–Crippen LogP) is 6.58. The molecule has 6 nitrogen and oxygen atoms in total. The Morgan fingerprint density at radius 2 is 2.06 bits per heavy atom. The second kappa shape index (κ2) is 10.1. The number of ether oxygens (including phenoxy) is 1. The van der Waals surface area contributed by atoms with E-state index in [2.05, 4.69) is 24.3 Å². The first kappa shape index (κ1) is 23.6. The third-order valence-corrected chi connectivity index (χ3v) is 5.70. The van der Waals surface area contributed by atoms with Gasteiger partial charge in [-0.15, -0.1) is 0 Å². The van der Waals surface area contributed by atoms with Gasteiger partial charge in [-0.25, -0.2) is 4.39 Å². The van der Waals surface area contributed by atoms with Crippen LogP contribution in [0, 0.1) is 12.7 Å². The Labute approximate surface area is 202 Å². The lowest BCUT2D eigenvalue weighted by Crippen LogP contribution is -2.10. The number of nitrogens with zero attached hydrogens (tertiary/aromatic N) is 2. The van der Waals surface area contributed by atoms with E-state index >= 15 is 0 Å². The smallest absolute Gasteiger partial charge is 0.291 e. The summed E-state index contributed by atoms with van der Waals surface area (Å²) in [6.07, 6.45) is 3.20. The van der Waals surface area contributed by atoms with Gasteiger partial charge in [-0.2, -0.15) is 5.10 Å². The number of amides is 1. The Hall–Kier alpha value is -3.58. The molecule has 176 valence electrons. The average molecular weight is 482 g/mol. The number of furan rings is 1. The number of hydrogen-bond donors (Lipinski definition) is 1. The van der Waals surface area contributed by atoms with Gasteiger partial charge in [-0.1, -0.05) is 37.6 Å². The van der Waals surface area contributed by atoms with Crippen LogP contribution in [0.3, 0.4) is 0 Å². The molecular weight excluding hydrogens is 457 g/mol. The minimum absolute atomic E-state index is 0.160. The SMILES string of the molecule is Cc1cc(OCc2ccc(C(=O)Nc3cnn(Cc4cccc(F)c4)c3)o2)c(C(C)C)cc1Cl. The van der Waals surface area contributed by atoms with Crippen LogP contribution in [-0.4, -0.2) is 15.7 Å². The van der Waals surface area contributed by atoms with Crippen molar-refractivity contribution >= 4 is 23.2 Å². The molecule has 2 aromatic heterocycles. The van der Waals surface area contributed by atoms with Crippen LogP contribution >= 0.6 is 11.6 Å². The van der Waals surface area contributed by atoms with Crippen molar-refractivity contribution < 1.29 is 18.3 Å². The molecule has 8 heteroatoms. The van der Waals surface area contributed by atoms with Gasteiger partial charge in [0.15, 0.2) is 5.76 Å². The van der Waals surface area contributed by atoms with Gasteiger partial charge in [-0.05, 0) is 65.9 Å². The van der Waals surface area contributed by atoms with E-state index in [1.165, 1.54) is 18.3 Å². The van der Waals surface area contributed by atoms with Crippen molar-refractivity contribution in [2.45, 2.75) is 39.8 Å². The van der Waals surface area contributed by atoms with Gasteiger partial charge in [0.2, 0.25) is 0 Å². The third-order valence-electron chi connectivity index (χ3n) is 5.29. The van der Waals surface area contributed by atoms with E-state index < -0.39 is 5.91 Å². The van der Waals surface area contributed by atoms with Gasteiger partial charge < -0.3 is 14.5 Å². The highest BCUT2D eigenvalue weighted by atomic mass is 35.5. The summed E-state index contributed by atoms with van der Waals surface area (Å²) < 4.78 is 26.6. The Morgan fingerprint density at radius 1 is 1.24 bits per heavy atom. The average Bonchev–Trinajstić information content (AvgIpc) is 3.44. The lowest BCUT2D eigenvalue weighted by molar-refractivity contribution is 0.0992. The van der Waals surface area contributed by atoms with Gasteiger partial charge in [0.1, 0.15) is 23.9 Å². The van der Waals surface area contributed by atoms with Crippen LogP contribution in [0.25, 0.3) is 0 Å². The zero-order valence-electron chi connectivity index (χ0n) is 19.1. The van der Waals surface area contributed by atoms with Crippen LogP contribution in [0.5, 0.6) is 5.75 Å². The summed E-state index contributed by atoms with van der Waals surface area (Å²) in [6, 6.07) is 13.4. The van der Waals surface area contributed by atoms with Crippen LogP contribution in [0.4, 0.5) is 10.1 Å². The normalized spacial score (nSPS) is 11.1. The Morgan fingerprint density at radius 3 is 2.82 bits per heavy atom. The maximum Gasteiger partial charge on any atom is 0.291 e. The van der Waals surface area contributed by atoms with E-state index in [0.717, 1.165) is 22.4 Å². The molecule has 2 aromatic carbocycles. The van der Waals surface area contributed by atoms with Crippen molar-refractivity contribution in [1.82, 2.24) is 9.78 Å². The van der Waals surface area contributed by atoms with E-state index in [0.29, 0.717) is 23.0 Å². The van der Waals surface area contributed by atoms with Crippen LogP contribution in [0.15, 0.2) is 65.3 Å². The Balaban J connectivity index is 1.37. The zero-order valence-corrected chi connectivity index (χ0v) is 19.9. The first-order valence-corrected chi connectivity index (χ1v) is 11.3. The maximum atomic E-state index is 13.4. The molecule has 2 heterocycles. The molecule has 34 heavy (non-hydrogen) atoms. The molecule has 0 aliphatic carbocycles. The van der Waals surface area contributed by atoms with Crippen molar-refractivity contribution in [1.29, 1.82) is 0 Å². The lowest BCUT2D eigenvalue weighted by atomic mass is 10.0. The van der Waals surface area contributed by atoms with E-state index in [1.54, 1.807) is 29.1 Å². The van der Waals surface area contributed by atoms with E-state index in [1.807, 2.05) is 25.1 Å². The fourth-order valence-corrected chi connectivity index (χ4v) is 3.67. The van der Waals surface area contributed by atoms with E-state index in [4.69, 9.17) is 20.8 Å². The molecule has 0 fully saturated rings. The fraction of sp³-hybridized carbons (Fsp3) is 0.231. The van der Waals surface area contributed by atoms with E-state index in [-0.39, 0.29) is 24.1 Å². The minimum atomic E-state index is -0.401. The number of benzene rings is 2. The summed E-state index contributed by atoms with van der Waals surface area (Å²) in [5.74, 6) is 0.962. The highest BCUT2D eigenvalue weighted by Gasteiger charge is 2.15. The minimum Gasteiger partial charge on any atom is -0.485 e. The number of aryl methyl sites for hydroxylation is 1. The molecule has 4 rings (SSSR count). The number of carbonyl (C=O) groups excluding carboxylic acids is 1. The number of halogens is 2. The summed E-state index contributed by atoms with van der Waals surface area (Å²) in [5, 5.41) is 7.67. The van der Waals surface area contributed by atoms with Crippen LogP contribution in [0.1, 0.15) is 52.8 Å². The topological polar surface area (TPSA) is 69.3 Å². The first-order valence-electron chi connectivity index (χ1n) is 10.9. The van der Waals surface area contributed by atoms with Crippen LogP contribution in [0.2, 0.25) is 5.02 Å². The third kappa shape index (κ3) is 5.66. The largest absolute Gasteiger partial charge is 0.485 e. The molecule has 0 saturated carbocycles. The van der Waals surface area contributed by atoms with Crippen molar-refractivity contribution in [2.75, 3.05) is 5.32 Å². The Kier molecular flexibility index (Phi) is 7.03. The molecule has 0 radical (unpaired) electrons. The fourth-order valence-electron chi connectivity index (χ4n) is 3.50. The number of aromatic nitrogens is 2. The van der Waals surface area contributed by atoms with Gasteiger partial charge in [0.25, 0.3) is 5.91 Å². The Bertz CT molecular complexity index is 1310.